The molecule has 1 N–H and O–H groups in total. The van der Waals surface area contributed by atoms with E-state index in [1.54, 1.807) is 9.45 Å². The second-order valence-corrected chi connectivity index (χ2v) is 13.9. The Morgan fingerprint density at radius 2 is 1.76 bits per heavy atom. The van der Waals surface area contributed by atoms with Crippen molar-refractivity contribution in [1.29, 1.82) is 0 Å². The van der Waals surface area contributed by atoms with Crippen LogP contribution in [0.4, 0.5) is 0 Å². The van der Waals surface area contributed by atoms with Gasteiger partial charge >= 0.3 is 110 Å². The van der Waals surface area contributed by atoms with Crippen molar-refractivity contribution in [3.63, 3.8) is 0 Å². The van der Waals surface area contributed by atoms with Crippen molar-refractivity contribution in [1.82, 2.24) is 3.80 Å². The summed E-state index contributed by atoms with van der Waals surface area (Å²) in [6.45, 7) is 7.05. The second kappa shape index (κ2) is 4.08. The predicted molar refractivity (Wildman–Crippen MR) is 70.7 cm³/mol. The van der Waals surface area contributed by atoms with E-state index in [1.807, 2.05) is 0 Å². The Hall–Kier alpha value is 0.154. The van der Waals surface area contributed by atoms with Gasteiger partial charge in [-0.15, -0.1) is 0 Å². The number of allylic oxidation sites excluding steroid dienone is 4. The van der Waals surface area contributed by atoms with Crippen LogP contribution in [-0.2, 0) is 16.8 Å². The van der Waals surface area contributed by atoms with Gasteiger partial charge in [-0.2, -0.15) is 0 Å². The van der Waals surface area contributed by atoms with E-state index in [2.05, 4.69) is 48.9 Å². The Labute approximate surface area is 109 Å². The Morgan fingerprint density at radius 1 is 1.06 bits per heavy atom. The van der Waals surface area contributed by atoms with Gasteiger partial charge < -0.3 is 0 Å². The summed E-state index contributed by atoms with van der Waals surface area (Å²) >= 11 is -1.65. The van der Waals surface area contributed by atoms with Gasteiger partial charge in [0.1, 0.15) is 0 Å². The first-order valence-corrected chi connectivity index (χ1v) is 11.0. The molecule has 3 unspecified atom stereocenters. The fourth-order valence-corrected chi connectivity index (χ4v) is 13.2. The molecule has 1 heterocycles. The van der Waals surface area contributed by atoms with E-state index in [-0.39, 0.29) is 0 Å². The average Bonchev–Trinajstić information content (AvgIpc) is 2.88. The van der Waals surface area contributed by atoms with Gasteiger partial charge in [0.2, 0.25) is 0 Å². The summed E-state index contributed by atoms with van der Waals surface area (Å²) in [4.78, 5) is 0. The average molecular weight is 267 g/mol. The van der Waals surface area contributed by atoms with Crippen LogP contribution in [-0.4, -0.2) is 5.54 Å². The molecule has 2 heteroatoms. The monoisotopic (exact) mass is 267 g/mol. The van der Waals surface area contributed by atoms with Crippen molar-refractivity contribution < 1.29 is 16.8 Å². The predicted octanol–water partition coefficient (Wildman–Crippen LogP) is 4.23. The molecule has 1 saturated heterocycles. The molecule has 3 aliphatic rings. The summed E-state index contributed by atoms with van der Waals surface area (Å²) in [7, 11) is 0. The van der Waals surface area contributed by atoms with Crippen molar-refractivity contribution in [3.05, 3.63) is 24.3 Å². The van der Waals surface area contributed by atoms with Crippen LogP contribution in [0.5, 0.6) is 0 Å². The second-order valence-electron chi connectivity index (χ2n) is 7.23. The Balaban J connectivity index is 1.77. The van der Waals surface area contributed by atoms with Crippen LogP contribution in [0.25, 0.3) is 0 Å². The fourth-order valence-electron chi connectivity index (χ4n) is 4.07. The van der Waals surface area contributed by atoms with E-state index in [9.17, 15) is 0 Å². The molecule has 2 aliphatic carbocycles. The minimum atomic E-state index is -1.65. The number of hydrogen-bond donors (Lipinski definition) is 1. The molecule has 0 bridgehead atoms. The molecular weight excluding hydrogens is 242 g/mol. The molecule has 94 valence electrons. The van der Waals surface area contributed by atoms with Gasteiger partial charge in [-0.1, -0.05) is 0 Å². The van der Waals surface area contributed by atoms with Gasteiger partial charge in [0.15, 0.2) is 0 Å². The van der Waals surface area contributed by atoms with Crippen molar-refractivity contribution in [2.75, 3.05) is 0 Å². The van der Waals surface area contributed by atoms with Gasteiger partial charge in [-0.3, -0.25) is 0 Å². The molecule has 0 aromatic heterocycles. The first kappa shape index (κ1) is 12.2. The third-order valence-corrected chi connectivity index (χ3v) is 12.4. The van der Waals surface area contributed by atoms with Crippen molar-refractivity contribution in [2.24, 2.45) is 11.8 Å². The van der Waals surface area contributed by atoms with E-state index in [0.717, 1.165) is 16.1 Å². The summed E-state index contributed by atoms with van der Waals surface area (Å²) in [6, 6.07) is 0. The van der Waals surface area contributed by atoms with Crippen LogP contribution in [0.2, 0.25) is 13.7 Å². The van der Waals surface area contributed by atoms with E-state index in [4.69, 9.17) is 0 Å². The van der Waals surface area contributed by atoms with E-state index in [1.165, 1.54) is 12.8 Å². The van der Waals surface area contributed by atoms with E-state index >= 15 is 0 Å². The van der Waals surface area contributed by atoms with Crippen LogP contribution in [0.1, 0.15) is 33.6 Å². The maximum atomic E-state index is 4.11. The van der Waals surface area contributed by atoms with Crippen LogP contribution in [0.15, 0.2) is 24.3 Å². The van der Waals surface area contributed by atoms with Crippen LogP contribution < -0.4 is 3.80 Å². The molecule has 0 radical (unpaired) electrons. The Bertz CT molecular complexity index is 360. The van der Waals surface area contributed by atoms with Gasteiger partial charge in [0.25, 0.3) is 0 Å². The van der Waals surface area contributed by atoms with Crippen molar-refractivity contribution in [3.8, 4) is 0 Å². The molecule has 3 rings (SSSR count). The summed E-state index contributed by atoms with van der Waals surface area (Å²) in [6.07, 6.45) is 12.4. The first-order valence-electron chi connectivity index (χ1n) is 7.15. The maximum absolute atomic E-state index is 4.11. The van der Waals surface area contributed by atoms with Crippen LogP contribution >= 0.6 is 0 Å². The van der Waals surface area contributed by atoms with E-state index in [0.29, 0.717) is 5.54 Å². The molecular formula is C15H25NTi. The zero-order chi connectivity index (χ0) is 12.1. The van der Waals surface area contributed by atoms with Gasteiger partial charge in [-0.25, -0.2) is 0 Å². The molecule has 17 heavy (non-hydrogen) atoms. The van der Waals surface area contributed by atoms with Crippen LogP contribution in [0, 0.1) is 11.8 Å². The summed E-state index contributed by atoms with van der Waals surface area (Å²) in [5.41, 5.74) is 0.336. The zero-order valence-electron chi connectivity index (χ0n) is 11.4. The first-order chi connectivity index (χ1) is 8.00. The number of nitrogens with one attached hydrogen (secondary N) is 1. The molecule has 0 spiro atoms. The molecule has 1 nitrogen and oxygen atoms in total. The van der Waals surface area contributed by atoms with Crippen molar-refractivity contribution in [2.45, 2.75) is 52.8 Å². The third kappa shape index (κ3) is 2.34. The van der Waals surface area contributed by atoms with Gasteiger partial charge in [-0.05, 0) is 0 Å². The Kier molecular flexibility index (Phi) is 2.93. The summed E-state index contributed by atoms with van der Waals surface area (Å²) in [5, 5.41) is 0. The number of fused-ring (bicyclic) bond motifs is 1. The third-order valence-electron chi connectivity index (χ3n) is 4.70. The normalized spacial score (nSPS) is 38.2. The van der Waals surface area contributed by atoms with Crippen molar-refractivity contribution >= 4 is 0 Å². The Morgan fingerprint density at radius 3 is 2.41 bits per heavy atom. The fraction of sp³-hybridized carbons (Fsp3) is 0.733. The standard InChI is InChI=1S/C9H11.C4H10N.C2H4.Ti/c1-2-5-9-7-3-6-8(9)4-1;1-4(2,3)5;1-2;/h1-2,4-6,8-9H,3,7H2;5H,1-3H3;1-2H2;/q;-1;;+1. The molecule has 0 aromatic carbocycles. The SMILES string of the molecule is CC(C)(C)[NH][Ti]1([CH]2CCC3C=CC=CC32)[CH2][CH2]1. The number of rotatable bonds is 2. The topological polar surface area (TPSA) is 12.0 Å². The van der Waals surface area contributed by atoms with Gasteiger partial charge in [0, 0.05) is 0 Å². The molecule has 0 amide bonds. The summed E-state index contributed by atoms with van der Waals surface area (Å²) < 4.78 is 8.31. The molecule has 0 aromatic rings. The summed E-state index contributed by atoms with van der Waals surface area (Å²) in [5.74, 6) is 1.76. The van der Waals surface area contributed by atoms with Gasteiger partial charge in [0.05, 0.1) is 0 Å². The molecule has 2 fully saturated rings. The minimum absolute atomic E-state index is 0.336. The zero-order valence-corrected chi connectivity index (χ0v) is 12.9. The quantitative estimate of drug-likeness (QED) is 0.738. The number of hydrogen-bond acceptors (Lipinski definition) is 1. The van der Waals surface area contributed by atoms with Crippen LogP contribution in [0.3, 0.4) is 0 Å². The molecule has 1 saturated carbocycles. The molecule has 1 aliphatic heterocycles. The van der Waals surface area contributed by atoms with E-state index < -0.39 is 16.8 Å². The molecule has 3 atom stereocenters.